The molecule has 23 heavy (non-hydrogen) atoms. The average molecular weight is 307 g/mol. The number of fused-ring (bicyclic) bond motifs is 1. The molecular weight excluding hydrogens is 290 g/mol. The second kappa shape index (κ2) is 6.46. The van der Waals surface area contributed by atoms with Crippen molar-refractivity contribution >= 4 is 16.7 Å². The number of ether oxygens (including phenoxy) is 1. The first kappa shape index (κ1) is 15.0. The van der Waals surface area contributed by atoms with Gasteiger partial charge in [0.05, 0.1) is 35.8 Å². The first-order chi connectivity index (χ1) is 11.2. The lowest BCUT2D eigenvalue weighted by atomic mass is 10.1. The molecule has 1 N–H and O–H groups in total. The highest BCUT2D eigenvalue weighted by atomic mass is 16.5. The number of hydrogen-bond acceptors (Lipinski definition) is 5. The Bertz CT molecular complexity index is 865. The summed E-state index contributed by atoms with van der Waals surface area (Å²) in [5.41, 5.74) is 3.15. The number of hydrogen-bond donors (Lipinski definition) is 1. The second-order valence-electron chi connectivity index (χ2n) is 5.22. The Kier molecular flexibility index (Phi) is 4.22. The van der Waals surface area contributed by atoms with Crippen LogP contribution < -0.4 is 4.90 Å². The van der Waals surface area contributed by atoms with Gasteiger partial charge < -0.3 is 14.6 Å². The molecule has 0 fully saturated rings. The molecular formula is C17H17N5O. The molecule has 0 saturated carbocycles. The Morgan fingerprint density at radius 3 is 3.00 bits per heavy atom. The molecule has 6 heteroatoms. The maximum absolute atomic E-state index is 9.20. The topological polar surface area (TPSA) is 77.8 Å². The number of rotatable bonds is 5. The van der Waals surface area contributed by atoms with Crippen molar-refractivity contribution in [3.63, 3.8) is 0 Å². The lowest BCUT2D eigenvalue weighted by Gasteiger charge is -2.17. The van der Waals surface area contributed by atoms with E-state index in [1.54, 1.807) is 25.6 Å². The van der Waals surface area contributed by atoms with Crippen LogP contribution in [0.4, 0.5) is 5.82 Å². The standard InChI is InChI=1S/C17H17N5O/c1-22(6-7-23-2)16-11-19-10-15(21-16)14-9-20-17-12(8-18)4-3-5-13(14)17/h3-5,9-11,20H,6-7H2,1-2H3. The molecule has 0 aliphatic carbocycles. The van der Waals surface area contributed by atoms with Gasteiger partial charge >= 0.3 is 0 Å². The molecule has 0 amide bonds. The van der Waals surface area contributed by atoms with Crippen LogP contribution in [0.15, 0.2) is 36.8 Å². The van der Waals surface area contributed by atoms with Gasteiger partial charge in [-0.25, -0.2) is 4.98 Å². The molecule has 0 saturated heterocycles. The van der Waals surface area contributed by atoms with E-state index in [-0.39, 0.29) is 0 Å². The van der Waals surface area contributed by atoms with E-state index in [1.165, 1.54) is 0 Å². The molecule has 3 aromatic rings. The van der Waals surface area contributed by atoms with E-state index >= 15 is 0 Å². The third-order valence-corrected chi connectivity index (χ3v) is 3.76. The number of methoxy groups -OCH3 is 1. The fourth-order valence-electron chi connectivity index (χ4n) is 2.47. The maximum Gasteiger partial charge on any atom is 0.147 e. The summed E-state index contributed by atoms with van der Waals surface area (Å²) in [5, 5.41) is 10.2. The van der Waals surface area contributed by atoms with Gasteiger partial charge in [0.25, 0.3) is 0 Å². The third kappa shape index (κ3) is 2.87. The van der Waals surface area contributed by atoms with E-state index < -0.39 is 0 Å². The van der Waals surface area contributed by atoms with Gasteiger partial charge in [-0.05, 0) is 6.07 Å². The summed E-state index contributed by atoms with van der Waals surface area (Å²) in [5.74, 6) is 0.783. The van der Waals surface area contributed by atoms with Gasteiger partial charge in [0.15, 0.2) is 0 Å². The lowest BCUT2D eigenvalue weighted by molar-refractivity contribution is 0.206. The molecule has 0 aliphatic rings. The summed E-state index contributed by atoms with van der Waals surface area (Å²) in [6, 6.07) is 7.85. The summed E-state index contributed by atoms with van der Waals surface area (Å²) in [6.07, 6.45) is 5.33. The highest BCUT2D eigenvalue weighted by Crippen LogP contribution is 2.29. The number of nitrogens with zero attached hydrogens (tertiary/aromatic N) is 4. The van der Waals surface area contributed by atoms with Gasteiger partial charge in [0, 0.05) is 37.8 Å². The smallest absolute Gasteiger partial charge is 0.147 e. The Labute approximate surface area is 134 Å². The summed E-state index contributed by atoms with van der Waals surface area (Å²) in [4.78, 5) is 14.1. The largest absolute Gasteiger partial charge is 0.383 e. The fraction of sp³-hybridized carbons (Fsp3) is 0.235. The molecule has 0 bridgehead atoms. The summed E-state index contributed by atoms with van der Waals surface area (Å²) in [6.45, 7) is 1.36. The minimum absolute atomic E-state index is 0.620. The number of aromatic amines is 1. The van der Waals surface area contributed by atoms with Crippen molar-refractivity contribution in [1.29, 1.82) is 5.26 Å². The zero-order valence-electron chi connectivity index (χ0n) is 13.1. The van der Waals surface area contributed by atoms with Gasteiger partial charge in [0.1, 0.15) is 11.9 Å². The molecule has 3 rings (SSSR count). The minimum Gasteiger partial charge on any atom is -0.383 e. The molecule has 0 unspecified atom stereocenters. The fourth-order valence-corrected chi connectivity index (χ4v) is 2.47. The van der Waals surface area contributed by atoms with Crippen LogP contribution in [0.25, 0.3) is 22.2 Å². The quantitative estimate of drug-likeness (QED) is 0.784. The van der Waals surface area contributed by atoms with Gasteiger partial charge in [-0.2, -0.15) is 5.26 Å². The molecule has 0 aliphatic heterocycles. The van der Waals surface area contributed by atoms with Crippen molar-refractivity contribution in [2.45, 2.75) is 0 Å². The van der Waals surface area contributed by atoms with Crippen LogP contribution in [0.2, 0.25) is 0 Å². The second-order valence-corrected chi connectivity index (χ2v) is 5.22. The zero-order valence-corrected chi connectivity index (χ0v) is 13.1. The van der Waals surface area contributed by atoms with Gasteiger partial charge in [-0.1, -0.05) is 12.1 Å². The number of benzene rings is 1. The van der Waals surface area contributed by atoms with Crippen LogP contribution in [-0.2, 0) is 4.74 Å². The van der Waals surface area contributed by atoms with Crippen LogP contribution in [0.1, 0.15) is 5.56 Å². The maximum atomic E-state index is 9.20. The van der Waals surface area contributed by atoms with E-state index in [0.29, 0.717) is 12.2 Å². The summed E-state index contributed by atoms with van der Waals surface area (Å²) < 4.78 is 5.09. The first-order valence-corrected chi connectivity index (χ1v) is 7.27. The predicted octanol–water partition coefficient (Wildman–Crippen LogP) is 2.58. The number of nitrogens with one attached hydrogen (secondary N) is 1. The Morgan fingerprint density at radius 2 is 2.22 bits per heavy atom. The van der Waals surface area contributed by atoms with E-state index in [2.05, 4.69) is 21.0 Å². The van der Waals surface area contributed by atoms with Crippen LogP contribution in [0.5, 0.6) is 0 Å². The van der Waals surface area contributed by atoms with Crippen LogP contribution in [-0.4, -0.2) is 42.3 Å². The third-order valence-electron chi connectivity index (χ3n) is 3.76. The molecule has 2 aromatic heterocycles. The van der Waals surface area contributed by atoms with E-state index in [1.807, 2.05) is 30.3 Å². The van der Waals surface area contributed by atoms with Crippen molar-refractivity contribution in [3.8, 4) is 17.3 Å². The molecule has 0 radical (unpaired) electrons. The lowest BCUT2D eigenvalue weighted by Crippen LogP contribution is -2.23. The van der Waals surface area contributed by atoms with Gasteiger partial charge in [-0.15, -0.1) is 0 Å². The molecule has 116 valence electrons. The van der Waals surface area contributed by atoms with E-state index in [9.17, 15) is 5.26 Å². The summed E-state index contributed by atoms with van der Waals surface area (Å²) >= 11 is 0. The number of H-pyrrole nitrogens is 1. The van der Waals surface area contributed by atoms with E-state index in [4.69, 9.17) is 4.74 Å². The van der Waals surface area contributed by atoms with Gasteiger partial charge in [-0.3, -0.25) is 4.98 Å². The van der Waals surface area contributed by atoms with Crippen molar-refractivity contribution in [1.82, 2.24) is 15.0 Å². The van der Waals surface area contributed by atoms with Crippen molar-refractivity contribution in [2.75, 3.05) is 32.2 Å². The number of aromatic nitrogens is 3. The van der Waals surface area contributed by atoms with Crippen molar-refractivity contribution < 1.29 is 4.74 Å². The normalized spacial score (nSPS) is 10.7. The number of para-hydroxylation sites is 1. The Balaban J connectivity index is 2.01. The molecule has 1 aromatic carbocycles. The van der Waals surface area contributed by atoms with Crippen molar-refractivity contribution in [3.05, 3.63) is 42.4 Å². The highest BCUT2D eigenvalue weighted by Gasteiger charge is 2.12. The molecule has 6 nitrogen and oxygen atoms in total. The van der Waals surface area contributed by atoms with Crippen molar-refractivity contribution in [2.24, 2.45) is 0 Å². The SMILES string of the molecule is COCCN(C)c1cncc(-c2c[nH]c3c(C#N)cccc23)n1. The van der Waals surface area contributed by atoms with E-state index in [0.717, 1.165) is 34.5 Å². The van der Waals surface area contributed by atoms with Crippen LogP contribution in [0, 0.1) is 11.3 Å². The zero-order chi connectivity index (χ0) is 16.2. The minimum atomic E-state index is 0.620. The average Bonchev–Trinajstić information content (AvgIpc) is 3.03. The number of anilines is 1. The molecule has 0 spiro atoms. The predicted molar refractivity (Wildman–Crippen MR) is 89.2 cm³/mol. The number of nitriles is 1. The monoisotopic (exact) mass is 307 g/mol. The number of likely N-dealkylation sites (N-methyl/N-ethyl adjacent to an activating group) is 1. The van der Waals surface area contributed by atoms with Crippen LogP contribution in [0.3, 0.4) is 0 Å². The Hall–Kier alpha value is -2.91. The Morgan fingerprint density at radius 1 is 1.35 bits per heavy atom. The van der Waals surface area contributed by atoms with Crippen LogP contribution >= 0.6 is 0 Å². The summed E-state index contributed by atoms with van der Waals surface area (Å²) in [7, 11) is 3.63. The first-order valence-electron chi connectivity index (χ1n) is 7.27. The van der Waals surface area contributed by atoms with Gasteiger partial charge in [0.2, 0.25) is 0 Å². The molecule has 2 heterocycles. The highest BCUT2D eigenvalue weighted by molar-refractivity contribution is 5.97. The molecule has 0 atom stereocenters.